The molecule has 1 aromatic heterocycles. The summed E-state index contributed by atoms with van der Waals surface area (Å²) in [7, 11) is -2.66. The number of nitrogens with one attached hydrogen (secondary N) is 1. The van der Waals surface area contributed by atoms with Crippen LogP contribution in [0.4, 0.5) is 17.6 Å². The summed E-state index contributed by atoms with van der Waals surface area (Å²) in [5, 5.41) is 0.702. The Morgan fingerprint density at radius 2 is 1.85 bits per heavy atom. The van der Waals surface area contributed by atoms with Crippen LogP contribution >= 0.6 is 0 Å². The molecule has 1 saturated heterocycles. The van der Waals surface area contributed by atoms with Gasteiger partial charge in [0.1, 0.15) is 17.7 Å². The van der Waals surface area contributed by atoms with E-state index in [0.29, 0.717) is 50.7 Å². The third-order valence-electron chi connectivity index (χ3n) is 12.2. The summed E-state index contributed by atoms with van der Waals surface area (Å²) in [5.74, 6) is -5.75. The maximum Gasteiger partial charge on any atom is 0.427 e. The second-order valence-electron chi connectivity index (χ2n) is 17.0. The first kappa shape index (κ1) is 44.2. The lowest BCUT2D eigenvalue weighted by Gasteiger charge is -2.34. The van der Waals surface area contributed by atoms with Gasteiger partial charge in [-0.3, -0.25) is 23.9 Å². The number of allylic oxidation sites excluding steroid dienone is 2. The number of amides is 2. The van der Waals surface area contributed by atoms with Crippen molar-refractivity contribution in [1.29, 1.82) is 0 Å². The molecule has 59 heavy (non-hydrogen) atoms. The first-order valence-corrected chi connectivity index (χ1v) is 21.3. The van der Waals surface area contributed by atoms with E-state index < -0.39 is 110 Å². The van der Waals surface area contributed by atoms with E-state index in [-0.39, 0.29) is 37.1 Å². The minimum atomic E-state index is -4.92. The standard InChI is InChI=1S/C41H51F4N3O10S/c1-7-32-29(18-34(50)58-38(3,4)41(43,44)45)36(51)48-22-26(57-35-28-16-25(42)12-13-27(28)33(55-6)21-46-35)17-30(48)31(49)20-40(19-24(40)11-9-8-10-23(2)56-32)37(52)47-59(53,54)39(5)14-15-39/h9,11-13,16,21,23-24,26,29-30,32H,7-8,10,14-15,17-20,22H2,1-6H3,(H,47,52)/b11-9-/t23-,24-,26-,29+,30+,32+,40-/m1/s1. The smallest absolute Gasteiger partial charge is 0.427 e. The molecule has 2 saturated carbocycles. The molecule has 13 nitrogen and oxygen atoms in total. The number of methoxy groups -OCH3 is 1. The van der Waals surface area contributed by atoms with E-state index in [1.807, 2.05) is 6.08 Å². The van der Waals surface area contributed by atoms with Crippen LogP contribution in [0.25, 0.3) is 10.8 Å². The van der Waals surface area contributed by atoms with Crippen molar-refractivity contribution in [2.75, 3.05) is 13.7 Å². The van der Waals surface area contributed by atoms with E-state index in [0.717, 1.165) is 0 Å². The van der Waals surface area contributed by atoms with Crippen LogP contribution in [-0.2, 0) is 38.7 Å². The Hall–Kier alpha value is -4.32. The quantitative estimate of drug-likeness (QED) is 0.166. The number of fused-ring (bicyclic) bond motifs is 3. The summed E-state index contributed by atoms with van der Waals surface area (Å²) < 4.78 is 106. The molecule has 1 aromatic carbocycles. The summed E-state index contributed by atoms with van der Waals surface area (Å²) in [5.41, 5.74) is -4.33. The maximum atomic E-state index is 14.9. The number of carbonyl (C=O) groups is 4. The number of benzene rings is 1. The number of aromatic nitrogens is 1. The number of pyridine rings is 1. The molecule has 7 atom stereocenters. The van der Waals surface area contributed by atoms with Gasteiger partial charge in [-0.1, -0.05) is 19.1 Å². The topological polar surface area (TPSA) is 167 Å². The van der Waals surface area contributed by atoms with Gasteiger partial charge in [0.05, 0.1) is 66.0 Å². The van der Waals surface area contributed by atoms with Gasteiger partial charge in [-0.15, -0.1) is 0 Å². The molecule has 0 spiro atoms. The zero-order valence-electron chi connectivity index (χ0n) is 33.9. The lowest BCUT2D eigenvalue weighted by Crippen LogP contribution is -2.50. The van der Waals surface area contributed by atoms with Crippen LogP contribution in [0.5, 0.6) is 11.6 Å². The van der Waals surface area contributed by atoms with Crippen molar-refractivity contribution in [3.05, 3.63) is 42.4 Å². The van der Waals surface area contributed by atoms with Gasteiger partial charge < -0.3 is 23.8 Å². The zero-order chi connectivity index (χ0) is 43.3. The molecule has 2 aromatic rings. The van der Waals surface area contributed by atoms with Gasteiger partial charge in [0.25, 0.3) is 0 Å². The van der Waals surface area contributed by atoms with Crippen LogP contribution in [0.1, 0.15) is 92.4 Å². The van der Waals surface area contributed by atoms with Crippen molar-refractivity contribution in [2.24, 2.45) is 17.3 Å². The molecule has 6 rings (SSSR count). The Kier molecular flexibility index (Phi) is 12.2. The number of rotatable bonds is 10. The maximum absolute atomic E-state index is 14.9. The summed E-state index contributed by atoms with van der Waals surface area (Å²) >= 11 is 0. The fourth-order valence-electron chi connectivity index (χ4n) is 7.95. The van der Waals surface area contributed by atoms with E-state index in [9.17, 15) is 45.2 Å². The molecule has 2 aliphatic heterocycles. The fraction of sp³-hybridized carbons (Fsp3) is 0.634. The van der Waals surface area contributed by atoms with Gasteiger partial charge in [-0.05, 0) is 90.3 Å². The first-order valence-electron chi connectivity index (χ1n) is 19.8. The van der Waals surface area contributed by atoms with E-state index in [4.69, 9.17) is 18.9 Å². The molecule has 0 radical (unpaired) electrons. The minimum Gasteiger partial charge on any atom is -0.494 e. The third-order valence-corrected chi connectivity index (χ3v) is 14.4. The number of alkyl halides is 3. The molecule has 2 amide bonds. The van der Waals surface area contributed by atoms with Crippen LogP contribution in [0.2, 0.25) is 0 Å². The Bertz CT molecular complexity index is 2120. The van der Waals surface area contributed by atoms with E-state index in [1.54, 1.807) is 19.9 Å². The van der Waals surface area contributed by atoms with Crippen LogP contribution in [0.3, 0.4) is 0 Å². The van der Waals surface area contributed by atoms with Crippen molar-refractivity contribution in [3.63, 3.8) is 0 Å². The van der Waals surface area contributed by atoms with Crippen LogP contribution in [-0.4, -0.2) is 96.4 Å². The summed E-state index contributed by atoms with van der Waals surface area (Å²) in [6, 6.07) is 2.60. The molecule has 4 aliphatic rings. The molecule has 0 unspecified atom stereocenters. The number of carbonyl (C=O) groups excluding carboxylic acids is 4. The highest BCUT2D eigenvalue weighted by Gasteiger charge is 2.63. The Morgan fingerprint density at radius 1 is 1.14 bits per heavy atom. The molecule has 3 fully saturated rings. The third kappa shape index (κ3) is 9.08. The number of hydrogen-bond acceptors (Lipinski definition) is 11. The molecule has 1 N–H and O–H groups in total. The van der Waals surface area contributed by atoms with Gasteiger partial charge in [-0.25, -0.2) is 17.8 Å². The summed E-state index contributed by atoms with van der Waals surface area (Å²) in [6.07, 6.45) is -1.92. The summed E-state index contributed by atoms with van der Waals surface area (Å²) in [6.45, 7) is 6.09. The zero-order valence-corrected chi connectivity index (χ0v) is 34.7. The van der Waals surface area contributed by atoms with Crippen molar-refractivity contribution >= 4 is 44.4 Å². The van der Waals surface area contributed by atoms with Crippen LogP contribution < -0.4 is 14.2 Å². The molecule has 18 heteroatoms. The Balaban J connectivity index is 1.38. The number of esters is 1. The number of Topliss-reactive ketones (excluding diaryl/α,β-unsaturated/α-hetero) is 1. The number of ether oxygens (including phenoxy) is 4. The van der Waals surface area contributed by atoms with Gasteiger partial charge in [0.2, 0.25) is 33.3 Å². The highest BCUT2D eigenvalue weighted by atomic mass is 32.2. The number of nitrogens with zero attached hydrogens (tertiary/aromatic N) is 2. The molecular formula is C41H51F4N3O10S. The fourth-order valence-corrected chi connectivity index (χ4v) is 9.28. The number of hydrogen-bond donors (Lipinski definition) is 1. The van der Waals surface area contributed by atoms with E-state index in [2.05, 4.69) is 9.71 Å². The molecular weight excluding hydrogens is 803 g/mol. The van der Waals surface area contributed by atoms with Gasteiger partial charge >= 0.3 is 12.1 Å². The largest absolute Gasteiger partial charge is 0.494 e. The minimum absolute atomic E-state index is 0.0342. The van der Waals surface area contributed by atoms with Crippen molar-refractivity contribution < 1.29 is 64.1 Å². The van der Waals surface area contributed by atoms with Crippen LogP contribution in [0.15, 0.2) is 36.5 Å². The van der Waals surface area contributed by atoms with E-state index in [1.165, 1.54) is 43.3 Å². The van der Waals surface area contributed by atoms with Gasteiger partial charge in [-0.2, -0.15) is 13.2 Å². The predicted octanol–water partition coefficient (Wildman–Crippen LogP) is 6.12. The number of halogens is 4. The normalized spacial score (nSPS) is 29.4. The SMILES string of the molecule is CC[C@@H]1O[C@H](C)CC/C=C\[C@@H]2C[C@@]2(C(=O)NS(=O)(=O)C2(C)CC2)CC(=O)[C@@H]2C[C@@H](Oc3ncc(OC)c4ccc(F)cc34)CN2C(=O)[C@H]1CC(=O)OC(C)(C)C(F)(F)F. The van der Waals surface area contributed by atoms with Gasteiger partial charge in [0.15, 0.2) is 5.78 Å². The predicted molar refractivity (Wildman–Crippen MR) is 205 cm³/mol. The second-order valence-corrected chi connectivity index (χ2v) is 19.2. The van der Waals surface area contributed by atoms with E-state index >= 15 is 0 Å². The van der Waals surface area contributed by atoms with Crippen LogP contribution in [0, 0.1) is 23.1 Å². The van der Waals surface area contributed by atoms with Crippen molar-refractivity contribution in [1.82, 2.24) is 14.6 Å². The first-order chi connectivity index (χ1) is 27.5. The average Bonchev–Trinajstić information content (AvgIpc) is 4.03. The highest BCUT2D eigenvalue weighted by molar-refractivity contribution is 7.91. The summed E-state index contributed by atoms with van der Waals surface area (Å²) in [4.78, 5) is 62.3. The van der Waals surface area contributed by atoms with Gasteiger partial charge in [0, 0.05) is 18.2 Å². The second kappa shape index (κ2) is 16.3. The van der Waals surface area contributed by atoms with Crippen molar-refractivity contribution in [2.45, 2.75) is 133 Å². The number of ketones is 1. The Morgan fingerprint density at radius 3 is 2.49 bits per heavy atom. The van der Waals surface area contributed by atoms with Crippen molar-refractivity contribution in [3.8, 4) is 11.6 Å². The number of sulfonamides is 1. The molecule has 324 valence electrons. The molecule has 3 heterocycles. The lowest BCUT2D eigenvalue weighted by molar-refractivity contribution is -0.258. The Labute approximate surface area is 340 Å². The lowest BCUT2D eigenvalue weighted by atomic mass is 9.90. The average molecular weight is 854 g/mol. The molecule has 0 bridgehead atoms. The highest BCUT2D eigenvalue weighted by Crippen LogP contribution is 2.58. The molecule has 2 aliphatic carbocycles. The monoisotopic (exact) mass is 853 g/mol.